The molecule has 0 bridgehead atoms. The molecule has 0 unspecified atom stereocenters. The highest BCUT2D eigenvalue weighted by atomic mass is 16.5. The number of carbonyl (C=O) groups is 1. The molecule has 1 N–H and O–H groups in total. The summed E-state index contributed by atoms with van der Waals surface area (Å²) in [6, 6.07) is 2.30. The molecule has 1 aliphatic heterocycles. The summed E-state index contributed by atoms with van der Waals surface area (Å²) in [7, 11) is 5.45. The van der Waals surface area contributed by atoms with Crippen molar-refractivity contribution in [3.8, 4) is 0 Å². The predicted molar refractivity (Wildman–Crippen MR) is 95.7 cm³/mol. The average Bonchev–Trinajstić information content (AvgIpc) is 2.55. The van der Waals surface area contributed by atoms with Crippen molar-refractivity contribution in [2.45, 2.75) is 38.6 Å². The predicted octanol–water partition coefficient (Wildman–Crippen LogP) is 1.40. The second kappa shape index (κ2) is 8.28. The number of rotatable bonds is 6. The lowest BCUT2D eigenvalue weighted by Crippen LogP contribution is -2.46. The molecule has 134 valence electrons. The summed E-state index contributed by atoms with van der Waals surface area (Å²) in [5, 5.41) is 3.02. The summed E-state index contributed by atoms with van der Waals surface area (Å²) < 4.78 is 4.86. The van der Waals surface area contributed by atoms with Gasteiger partial charge in [0.25, 0.3) is 0 Å². The fourth-order valence-electron chi connectivity index (χ4n) is 2.75. The van der Waals surface area contributed by atoms with Crippen molar-refractivity contribution >= 4 is 17.7 Å². The van der Waals surface area contributed by atoms with E-state index in [1.165, 1.54) is 7.11 Å². The van der Waals surface area contributed by atoms with Gasteiger partial charge < -0.3 is 19.9 Å². The van der Waals surface area contributed by atoms with Gasteiger partial charge in [0, 0.05) is 46.4 Å². The lowest BCUT2D eigenvalue weighted by atomic mass is 10.0. The van der Waals surface area contributed by atoms with E-state index in [0.29, 0.717) is 5.92 Å². The molecule has 0 atom stereocenters. The third-order valence-corrected chi connectivity index (χ3v) is 4.17. The Bertz CT molecular complexity index is 528. The van der Waals surface area contributed by atoms with E-state index in [1.54, 1.807) is 0 Å². The van der Waals surface area contributed by atoms with Crippen LogP contribution in [0.1, 0.15) is 38.3 Å². The Kier molecular flexibility index (Phi) is 6.36. The zero-order chi connectivity index (χ0) is 17.7. The van der Waals surface area contributed by atoms with Gasteiger partial charge in [0.2, 0.25) is 11.9 Å². The van der Waals surface area contributed by atoms with Gasteiger partial charge in [-0.15, -0.1) is 0 Å². The van der Waals surface area contributed by atoms with Gasteiger partial charge in [0.05, 0.1) is 5.69 Å². The molecule has 2 heterocycles. The molecule has 0 spiro atoms. The van der Waals surface area contributed by atoms with Crippen molar-refractivity contribution in [2.75, 3.05) is 50.7 Å². The van der Waals surface area contributed by atoms with Gasteiger partial charge in [0.15, 0.2) is 0 Å². The Morgan fingerprint density at radius 3 is 2.58 bits per heavy atom. The van der Waals surface area contributed by atoms with Crippen LogP contribution in [-0.4, -0.2) is 62.8 Å². The van der Waals surface area contributed by atoms with Gasteiger partial charge in [-0.3, -0.25) is 4.79 Å². The molecule has 0 aliphatic carbocycles. The Balaban J connectivity index is 2.04. The lowest BCUT2D eigenvalue weighted by molar-refractivity contribution is -0.125. The molecule has 0 aromatic carbocycles. The van der Waals surface area contributed by atoms with Crippen molar-refractivity contribution in [3.05, 3.63) is 11.8 Å². The van der Waals surface area contributed by atoms with Crippen molar-refractivity contribution < 1.29 is 9.53 Å². The van der Waals surface area contributed by atoms with E-state index in [1.807, 2.05) is 19.0 Å². The van der Waals surface area contributed by atoms with Crippen molar-refractivity contribution in [3.63, 3.8) is 0 Å². The topological polar surface area (TPSA) is 70.6 Å². The normalized spacial score (nSPS) is 15.7. The number of aromatic nitrogens is 2. The second-order valence-corrected chi connectivity index (χ2v) is 6.76. The molecule has 1 aromatic rings. The quantitative estimate of drug-likeness (QED) is 0.847. The standard InChI is InChI=1S/C17H29N5O2/c1-12(2)14-10-15(20-17(19-14)21(3)4)22-8-6-13(7-9-22)18-16(23)11-24-5/h10,12-13H,6-9,11H2,1-5H3,(H,18,23). The summed E-state index contributed by atoms with van der Waals surface area (Å²) in [5.74, 6) is 2.03. The lowest BCUT2D eigenvalue weighted by Gasteiger charge is -2.33. The number of carbonyl (C=O) groups excluding carboxylic acids is 1. The first-order chi connectivity index (χ1) is 11.4. The van der Waals surface area contributed by atoms with Crippen molar-refractivity contribution in [1.82, 2.24) is 15.3 Å². The average molecular weight is 335 g/mol. The van der Waals surface area contributed by atoms with Gasteiger partial charge in [-0.05, 0) is 18.8 Å². The number of ether oxygens (including phenoxy) is 1. The molecule has 0 saturated carbocycles. The summed E-state index contributed by atoms with van der Waals surface area (Å²) in [6.07, 6.45) is 1.82. The molecule has 0 radical (unpaired) electrons. The minimum atomic E-state index is -0.0463. The molecular weight excluding hydrogens is 306 g/mol. The largest absolute Gasteiger partial charge is 0.375 e. The van der Waals surface area contributed by atoms with E-state index < -0.39 is 0 Å². The number of piperidine rings is 1. The van der Waals surface area contributed by atoms with Crippen molar-refractivity contribution in [1.29, 1.82) is 0 Å². The third-order valence-electron chi connectivity index (χ3n) is 4.17. The molecular formula is C17H29N5O2. The summed E-state index contributed by atoms with van der Waals surface area (Å²) in [4.78, 5) is 25.1. The molecule has 1 fully saturated rings. The number of anilines is 2. The molecule has 1 aliphatic rings. The minimum absolute atomic E-state index is 0.0463. The number of hydrogen-bond acceptors (Lipinski definition) is 6. The second-order valence-electron chi connectivity index (χ2n) is 6.76. The van der Waals surface area contributed by atoms with Gasteiger partial charge in [-0.25, -0.2) is 4.98 Å². The van der Waals surface area contributed by atoms with Crippen LogP contribution in [0.4, 0.5) is 11.8 Å². The van der Waals surface area contributed by atoms with Crippen LogP contribution in [0.3, 0.4) is 0 Å². The Morgan fingerprint density at radius 1 is 1.38 bits per heavy atom. The van der Waals surface area contributed by atoms with E-state index in [0.717, 1.165) is 43.4 Å². The number of hydrogen-bond donors (Lipinski definition) is 1. The van der Waals surface area contributed by atoms with Gasteiger partial charge in [-0.2, -0.15) is 4.98 Å². The van der Waals surface area contributed by atoms with Gasteiger partial charge in [-0.1, -0.05) is 13.8 Å². The van der Waals surface area contributed by atoms with E-state index in [-0.39, 0.29) is 18.6 Å². The van der Waals surface area contributed by atoms with Crippen LogP contribution in [0.2, 0.25) is 0 Å². The van der Waals surface area contributed by atoms with Crippen LogP contribution in [-0.2, 0) is 9.53 Å². The molecule has 2 rings (SSSR count). The first-order valence-corrected chi connectivity index (χ1v) is 8.50. The van der Waals surface area contributed by atoms with E-state index in [4.69, 9.17) is 4.74 Å². The monoisotopic (exact) mass is 335 g/mol. The fraction of sp³-hybridized carbons (Fsp3) is 0.706. The van der Waals surface area contributed by atoms with E-state index >= 15 is 0 Å². The molecule has 24 heavy (non-hydrogen) atoms. The Labute approximate surface area is 144 Å². The van der Waals surface area contributed by atoms with Crippen LogP contribution in [0.15, 0.2) is 6.07 Å². The summed E-state index contributed by atoms with van der Waals surface area (Å²) >= 11 is 0. The van der Waals surface area contributed by atoms with E-state index in [9.17, 15) is 4.79 Å². The summed E-state index contributed by atoms with van der Waals surface area (Å²) in [6.45, 7) is 6.15. The van der Waals surface area contributed by atoms with Crippen molar-refractivity contribution in [2.24, 2.45) is 0 Å². The highest BCUT2D eigenvalue weighted by Gasteiger charge is 2.22. The molecule has 1 amide bonds. The number of amides is 1. The van der Waals surface area contributed by atoms with E-state index in [2.05, 4.69) is 40.1 Å². The SMILES string of the molecule is COCC(=O)NC1CCN(c2cc(C(C)C)nc(N(C)C)n2)CC1. The Morgan fingerprint density at radius 2 is 2.04 bits per heavy atom. The van der Waals surface area contributed by atoms with Crippen LogP contribution >= 0.6 is 0 Å². The fourth-order valence-corrected chi connectivity index (χ4v) is 2.75. The summed E-state index contributed by atoms with van der Waals surface area (Å²) in [5.41, 5.74) is 1.05. The first-order valence-electron chi connectivity index (χ1n) is 8.50. The zero-order valence-corrected chi connectivity index (χ0v) is 15.4. The van der Waals surface area contributed by atoms with Crippen LogP contribution in [0.25, 0.3) is 0 Å². The maximum atomic E-state index is 11.6. The highest BCUT2D eigenvalue weighted by molar-refractivity contribution is 5.77. The molecule has 1 saturated heterocycles. The zero-order valence-electron chi connectivity index (χ0n) is 15.4. The number of nitrogens with zero attached hydrogens (tertiary/aromatic N) is 4. The Hall–Kier alpha value is -1.89. The molecule has 7 nitrogen and oxygen atoms in total. The molecule has 1 aromatic heterocycles. The maximum absolute atomic E-state index is 11.6. The van der Waals surface area contributed by atoms with Gasteiger partial charge >= 0.3 is 0 Å². The minimum Gasteiger partial charge on any atom is -0.375 e. The number of nitrogens with one attached hydrogen (secondary N) is 1. The number of methoxy groups -OCH3 is 1. The highest BCUT2D eigenvalue weighted by Crippen LogP contribution is 2.24. The first kappa shape index (κ1) is 18.4. The molecule has 7 heteroatoms. The third kappa shape index (κ3) is 4.80. The maximum Gasteiger partial charge on any atom is 0.246 e. The van der Waals surface area contributed by atoms with Crippen LogP contribution in [0, 0.1) is 0 Å². The van der Waals surface area contributed by atoms with Crippen LogP contribution < -0.4 is 15.1 Å². The van der Waals surface area contributed by atoms with Gasteiger partial charge in [0.1, 0.15) is 12.4 Å². The van der Waals surface area contributed by atoms with Crippen LogP contribution in [0.5, 0.6) is 0 Å². The smallest absolute Gasteiger partial charge is 0.246 e.